The minimum atomic E-state index is 0.926. The van der Waals surface area contributed by atoms with Crippen LogP contribution in [0.1, 0.15) is 50.7 Å². The molecule has 26 heavy (non-hydrogen) atoms. The second-order valence-corrected chi connectivity index (χ2v) is 7.17. The normalized spacial score (nSPS) is 11.2. The summed E-state index contributed by atoms with van der Waals surface area (Å²) in [5, 5.41) is 0. The molecule has 0 spiro atoms. The van der Waals surface area contributed by atoms with Crippen molar-refractivity contribution in [3.63, 3.8) is 0 Å². The SMILES string of the molecule is CCCC[n+]1ccn(Cc2cccc(Cn3cc[n+](CCCC)c3)c2)c1. The Labute approximate surface area is 157 Å². The van der Waals surface area contributed by atoms with Crippen molar-refractivity contribution in [2.75, 3.05) is 0 Å². The molecule has 0 unspecified atom stereocenters. The van der Waals surface area contributed by atoms with Crippen LogP contribution in [0.5, 0.6) is 0 Å². The molecule has 0 aliphatic rings. The molecular formula is C22H32N4+2. The summed E-state index contributed by atoms with van der Waals surface area (Å²) in [4.78, 5) is 0. The number of aromatic nitrogens is 4. The monoisotopic (exact) mass is 352 g/mol. The summed E-state index contributed by atoms with van der Waals surface area (Å²) in [5.74, 6) is 0. The standard InChI is InChI=1S/C22H32N4/c1-3-5-10-23-12-14-25(19-23)17-21-8-7-9-22(16-21)18-26-15-13-24(20-26)11-6-4-2/h7-9,12-16,19-20H,3-6,10-11,17-18H2,1-2H3/q+2. The van der Waals surface area contributed by atoms with Crippen LogP contribution in [0.2, 0.25) is 0 Å². The average molecular weight is 353 g/mol. The highest BCUT2D eigenvalue weighted by Crippen LogP contribution is 2.09. The van der Waals surface area contributed by atoms with Crippen LogP contribution in [0.15, 0.2) is 61.7 Å². The summed E-state index contributed by atoms with van der Waals surface area (Å²) >= 11 is 0. The maximum atomic E-state index is 2.33. The van der Waals surface area contributed by atoms with Crippen molar-refractivity contribution in [1.29, 1.82) is 0 Å². The van der Waals surface area contributed by atoms with E-state index in [-0.39, 0.29) is 0 Å². The van der Waals surface area contributed by atoms with Gasteiger partial charge in [0.1, 0.15) is 37.9 Å². The first kappa shape index (κ1) is 18.4. The van der Waals surface area contributed by atoms with Crippen LogP contribution in [-0.4, -0.2) is 9.13 Å². The van der Waals surface area contributed by atoms with Gasteiger partial charge < -0.3 is 0 Å². The molecule has 0 amide bonds. The molecular weight excluding hydrogens is 320 g/mol. The first-order valence-electron chi connectivity index (χ1n) is 9.94. The molecule has 138 valence electrons. The first-order chi connectivity index (χ1) is 12.8. The van der Waals surface area contributed by atoms with E-state index in [9.17, 15) is 0 Å². The second kappa shape index (κ2) is 9.37. The van der Waals surface area contributed by atoms with E-state index in [1.807, 2.05) is 0 Å². The van der Waals surface area contributed by atoms with Crippen LogP contribution in [0.4, 0.5) is 0 Å². The van der Waals surface area contributed by atoms with Crippen LogP contribution in [0.25, 0.3) is 0 Å². The largest absolute Gasteiger partial charge is 0.244 e. The average Bonchev–Trinajstić information content (AvgIpc) is 3.28. The summed E-state index contributed by atoms with van der Waals surface area (Å²) in [6.45, 7) is 8.53. The fourth-order valence-corrected chi connectivity index (χ4v) is 3.26. The van der Waals surface area contributed by atoms with E-state index in [1.165, 1.54) is 36.8 Å². The molecule has 4 heteroatoms. The molecule has 2 aromatic heterocycles. The third-order valence-corrected chi connectivity index (χ3v) is 4.75. The summed E-state index contributed by atoms with van der Waals surface area (Å²) in [5.41, 5.74) is 2.71. The molecule has 0 fully saturated rings. The maximum Gasteiger partial charge on any atom is 0.244 e. The van der Waals surface area contributed by atoms with Gasteiger partial charge in [0.2, 0.25) is 12.7 Å². The lowest BCUT2D eigenvalue weighted by Crippen LogP contribution is -2.30. The lowest BCUT2D eigenvalue weighted by atomic mass is 10.1. The van der Waals surface area contributed by atoms with E-state index in [4.69, 9.17) is 0 Å². The molecule has 3 aromatic rings. The molecule has 4 nitrogen and oxygen atoms in total. The van der Waals surface area contributed by atoms with Crippen molar-refractivity contribution in [1.82, 2.24) is 9.13 Å². The van der Waals surface area contributed by atoms with E-state index in [1.54, 1.807) is 0 Å². The van der Waals surface area contributed by atoms with Gasteiger partial charge in [-0.1, -0.05) is 44.9 Å². The lowest BCUT2D eigenvalue weighted by molar-refractivity contribution is -0.697. The number of benzene rings is 1. The molecule has 2 heterocycles. The molecule has 0 N–H and O–H groups in total. The van der Waals surface area contributed by atoms with E-state index in [0.29, 0.717) is 0 Å². The van der Waals surface area contributed by atoms with E-state index >= 15 is 0 Å². The van der Waals surface area contributed by atoms with Gasteiger partial charge in [0.05, 0.1) is 13.1 Å². The molecule has 0 atom stereocenters. The molecule has 0 aliphatic carbocycles. The smallest absolute Gasteiger partial charge is 0.237 e. The quantitative estimate of drug-likeness (QED) is 0.497. The van der Waals surface area contributed by atoms with Crippen LogP contribution in [0.3, 0.4) is 0 Å². The third kappa shape index (κ3) is 5.32. The highest BCUT2D eigenvalue weighted by molar-refractivity contribution is 5.24. The Bertz CT molecular complexity index is 736. The third-order valence-electron chi connectivity index (χ3n) is 4.75. The van der Waals surface area contributed by atoms with Crippen LogP contribution < -0.4 is 9.13 Å². The summed E-state index contributed by atoms with van der Waals surface area (Å²) in [6, 6.07) is 8.94. The molecule has 0 saturated carbocycles. The minimum Gasteiger partial charge on any atom is -0.237 e. The van der Waals surface area contributed by atoms with Gasteiger partial charge in [0, 0.05) is 0 Å². The zero-order chi connectivity index (χ0) is 18.2. The summed E-state index contributed by atoms with van der Waals surface area (Å²) in [7, 11) is 0. The zero-order valence-corrected chi connectivity index (χ0v) is 16.2. The van der Waals surface area contributed by atoms with Crippen LogP contribution >= 0.6 is 0 Å². The number of aryl methyl sites for hydroxylation is 2. The Balaban J connectivity index is 1.61. The van der Waals surface area contributed by atoms with Gasteiger partial charge >= 0.3 is 0 Å². The lowest BCUT2D eigenvalue weighted by Gasteiger charge is -2.02. The van der Waals surface area contributed by atoms with E-state index in [0.717, 1.165) is 26.2 Å². The van der Waals surface area contributed by atoms with E-state index < -0.39 is 0 Å². The Hall–Kier alpha value is -2.36. The van der Waals surface area contributed by atoms with Gasteiger partial charge in [-0.2, -0.15) is 0 Å². The van der Waals surface area contributed by atoms with Gasteiger partial charge in [-0.25, -0.2) is 18.3 Å². The number of unbranched alkanes of at least 4 members (excludes halogenated alkanes) is 2. The van der Waals surface area contributed by atoms with Gasteiger partial charge in [-0.15, -0.1) is 0 Å². The Kier molecular flexibility index (Phi) is 6.64. The minimum absolute atomic E-state index is 0.926. The topological polar surface area (TPSA) is 17.6 Å². The zero-order valence-electron chi connectivity index (χ0n) is 16.2. The Morgan fingerprint density at radius 1 is 0.769 bits per heavy atom. The van der Waals surface area contributed by atoms with Gasteiger partial charge in [-0.05, 0) is 30.0 Å². The predicted molar refractivity (Wildman–Crippen MR) is 104 cm³/mol. The predicted octanol–water partition coefficient (Wildman–Crippen LogP) is 3.56. The molecule has 1 aromatic carbocycles. The first-order valence-corrected chi connectivity index (χ1v) is 9.94. The van der Waals surface area contributed by atoms with Crippen molar-refractivity contribution in [2.45, 2.75) is 65.7 Å². The summed E-state index contributed by atoms with van der Waals surface area (Å²) in [6.07, 6.45) is 18.1. The van der Waals surface area contributed by atoms with Crippen LogP contribution in [-0.2, 0) is 26.2 Å². The van der Waals surface area contributed by atoms with Crippen molar-refractivity contribution in [3.8, 4) is 0 Å². The fourth-order valence-electron chi connectivity index (χ4n) is 3.26. The molecule has 0 saturated heterocycles. The fraction of sp³-hybridized carbons (Fsp3) is 0.455. The Morgan fingerprint density at radius 3 is 1.73 bits per heavy atom. The number of hydrogen-bond acceptors (Lipinski definition) is 0. The highest BCUT2D eigenvalue weighted by atomic mass is 15.1. The number of nitrogens with zero attached hydrogens (tertiary/aromatic N) is 4. The number of imidazole rings is 2. The summed E-state index contributed by atoms with van der Waals surface area (Å²) < 4.78 is 9.09. The number of hydrogen-bond donors (Lipinski definition) is 0. The Morgan fingerprint density at radius 2 is 1.27 bits per heavy atom. The van der Waals surface area contributed by atoms with Crippen molar-refractivity contribution >= 4 is 0 Å². The number of rotatable bonds is 10. The maximum absolute atomic E-state index is 2.33. The highest BCUT2D eigenvalue weighted by Gasteiger charge is 2.08. The van der Waals surface area contributed by atoms with Gasteiger partial charge in [0.15, 0.2) is 0 Å². The van der Waals surface area contributed by atoms with Gasteiger partial charge in [-0.3, -0.25) is 0 Å². The second-order valence-electron chi connectivity index (χ2n) is 7.17. The molecule has 3 rings (SSSR count). The molecule has 0 aliphatic heterocycles. The van der Waals surface area contributed by atoms with Crippen LogP contribution in [0, 0.1) is 0 Å². The molecule has 0 radical (unpaired) electrons. The van der Waals surface area contributed by atoms with E-state index in [2.05, 4.69) is 93.8 Å². The van der Waals surface area contributed by atoms with Crippen molar-refractivity contribution in [2.24, 2.45) is 0 Å². The van der Waals surface area contributed by atoms with Crippen molar-refractivity contribution < 1.29 is 9.13 Å². The molecule has 0 bridgehead atoms. The van der Waals surface area contributed by atoms with Crippen molar-refractivity contribution in [3.05, 3.63) is 72.8 Å². The van der Waals surface area contributed by atoms with Gasteiger partial charge in [0.25, 0.3) is 0 Å².